The Kier molecular flexibility index (Phi) is 2.18. The average Bonchev–Trinajstić information content (AvgIpc) is 2.70. The molecule has 1 unspecified atom stereocenters. The first-order chi connectivity index (χ1) is 8.49. The molecule has 1 aromatic rings. The molecular weight excluding hydrogens is 236 g/mol. The quantitative estimate of drug-likeness (QED) is 0.878. The predicted molar refractivity (Wildman–Crippen MR) is 67.6 cm³/mol. The van der Waals surface area contributed by atoms with E-state index in [0.29, 0.717) is 31.0 Å². The van der Waals surface area contributed by atoms with Gasteiger partial charge < -0.3 is 10.6 Å². The molecule has 2 fully saturated rings. The third-order valence-corrected chi connectivity index (χ3v) is 4.09. The molecule has 2 heterocycles. The number of alkyl halides is 2. The summed E-state index contributed by atoms with van der Waals surface area (Å²) in [5, 5.41) is 0. The summed E-state index contributed by atoms with van der Waals surface area (Å²) >= 11 is 0. The number of rotatable bonds is 2. The monoisotopic (exact) mass is 251 g/mol. The van der Waals surface area contributed by atoms with E-state index in [0.717, 1.165) is 5.56 Å². The Morgan fingerprint density at radius 2 is 2.22 bits per heavy atom. The highest BCUT2D eigenvalue weighted by atomic mass is 19.3. The Balaban J connectivity index is 1.88. The van der Waals surface area contributed by atoms with E-state index >= 15 is 0 Å². The summed E-state index contributed by atoms with van der Waals surface area (Å²) in [4.78, 5) is 6.08. The maximum absolute atomic E-state index is 13.3. The molecule has 5 heteroatoms. The van der Waals surface area contributed by atoms with Gasteiger partial charge in [0.05, 0.1) is 11.1 Å². The van der Waals surface area contributed by atoms with Crippen molar-refractivity contribution in [3.8, 4) is 0 Å². The Morgan fingerprint density at radius 3 is 2.78 bits per heavy atom. The van der Waals surface area contributed by atoms with Gasteiger partial charge in [0.25, 0.3) is 5.92 Å². The lowest BCUT2D eigenvalue weighted by Crippen LogP contribution is -2.24. The lowest BCUT2D eigenvalue weighted by Gasteiger charge is -2.20. The van der Waals surface area contributed by atoms with Crippen LogP contribution in [0.2, 0.25) is 0 Å². The molecule has 3 nitrogen and oxygen atoms in total. The van der Waals surface area contributed by atoms with Gasteiger partial charge in [-0.15, -0.1) is 0 Å². The van der Waals surface area contributed by atoms with Crippen molar-refractivity contribution >= 4 is 17.6 Å². The first-order valence-electron chi connectivity index (χ1n) is 5.99. The second kappa shape index (κ2) is 3.43. The van der Waals surface area contributed by atoms with Crippen molar-refractivity contribution in [2.45, 2.75) is 18.8 Å². The highest BCUT2D eigenvalue weighted by Gasteiger charge is 2.72. The fraction of sp³-hybridized carbons (Fsp3) is 0.462. The normalized spacial score (nSPS) is 28.7. The van der Waals surface area contributed by atoms with Gasteiger partial charge in [0.2, 0.25) is 0 Å². The number of halogens is 2. The van der Waals surface area contributed by atoms with Gasteiger partial charge in [-0.3, -0.25) is 0 Å². The molecule has 0 bridgehead atoms. The molecular formula is C13H15F2N3. The van der Waals surface area contributed by atoms with Crippen LogP contribution in [0, 0.1) is 5.41 Å². The van der Waals surface area contributed by atoms with Crippen molar-refractivity contribution in [3.63, 3.8) is 0 Å². The van der Waals surface area contributed by atoms with Gasteiger partial charge >= 0.3 is 0 Å². The van der Waals surface area contributed by atoms with Gasteiger partial charge in [0.15, 0.2) is 5.82 Å². The molecule has 2 N–H and O–H groups in total. The molecule has 1 aliphatic heterocycles. The molecule has 2 aliphatic rings. The van der Waals surface area contributed by atoms with Crippen molar-refractivity contribution in [3.05, 3.63) is 24.4 Å². The molecule has 0 radical (unpaired) electrons. The van der Waals surface area contributed by atoms with Crippen LogP contribution in [-0.4, -0.2) is 24.0 Å². The van der Waals surface area contributed by atoms with Crippen LogP contribution in [0.5, 0.6) is 0 Å². The summed E-state index contributed by atoms with van der Waals surface area (Å²) in [6, 6.07) is 1.77. The van der Waals surface area contributed by atoms with Crippen LogP contribution in [0.1, 0.15) is 18.4 Å². The number of anilines is 2. The van der Waals surface area contributed by atoms with E-state index in [-0.39, 0.29) is 6.42 Å². The number of nitrogens with zero attached hydrogens (tertiary/aromatic N) is 2. The molecule has 1 aliphatic carbocycles. The minimum Gasteiger partial charge on any atom is -0.395 e. The van der Waals surface area contributed by atoms with E-state index in [9.17, 15) is 8.78 Å². The molecule has 1 aromatic heterocycles. The summed E-state index contributed by atoms with van der Waals surface area (Å²) in [6.07, 6.45) is 3.80. The van der Waals surface area contributed by atoms with E-state index < -0.39 is 11.3 Å². The van der Waals surface area contributed by atoms with Gasteiger partial charge in [0.1, 0.15) is 0 Å². The minimum atomic E-state index is -2.51. The van der Waals surface area contributed by atoms with Crippen molar-refractivity contribution < 1.29 is 8.78 Å². The highest BCUT2D eigenvalue weighted by Crippen LogP contribution is 2.65. The van der Waals surface area contributed by atoms with E-state index in [1.807, 2.05) is 4.90 Å². The van der Waals surface area contributed by atoms with Gasteiger partial charge in [-0.1, -0.05) is 12.7 Å². The number of aromatic nitrogens is 1. The third-order valence-electron chi connectivity index (χ3n) is 4.09. The van der Waals surface area contributed by atoms with E-state index in [2.05, 4.69) is 11.6 Å². The fourth-order valence-electron chi connectivity index (χ4n) is 2.78. The second-order valence-corrected chi connectivity index (χ2v) is 5.17. The maximum atomic E-state index is 13.3. The van der Waals surface area contributed by atoms with Crippen molar-refractivity contribution in [2.75, 3.05) is 23.7 Å². The van der Waals surface area contributed by atoms with Crippen LogP contribution < -0.4 is 10.6 Å². The van der Waals surface area contributed by atoms with Crippen molar-refractivity contribution in [1.29, 1.82) is 0 Å². The second-order valence-electron chi connectivity index (χ2n) is 5.17. The predicted octanol–water partition coefficient (Wildman–Crippen LogP) is 2.54. The average molecular weight is 251 g/mol. The highest BCUT2D eigenvalue weighted by molar-refractivity contribution is 5.75. The Morgan fingerprint density at radius 1 is 1.50 bits per heavy atom. The topological polar surface area (TPSA) is 42.2 Å². The molecule has 96 valence electrons. The van der Waals surface area contributed by atoms with Gasteiger partial charge in [0, 0.05) is 31.3 Å². The molecule has 1 saturated carbocycles. The first kappa shape index (κ1) is 11.4. The number of nitrogen functional groups attached to an aromatic ring is 1. The van der Waals surface area contributed by atoms with Crippen molar-refractivity contribution in [2.24, 2.45) is 5.41 Å². The zero-order valence-electron chi connectivity index (χ0n) is 10.00. The maximum Gasteiger partial charge on any atom is 0.256 e. The lowest BCUT2D eigenvalue weighted by molar-refractivity contribution is 0.0711. The molecule has 1 atom stereocenters. The number of pyridine rings is 1. The molecule has 1 spiro atoms. The SMILES string of the molecule is C=Cc1ccnc(N2CCC3(C2)CC3(F)F)c1N. The molecule has 0 aromatic carbocycles. The lowest BCUT2D eigenvalue weighted by atomic mass is 10.1. The fourth-order valence-corrected chi connectivity index (χ4v) is 2.78. The van der Waals surface area contributed by atoms with Gasteiger partial charge in [-0.05, 0) is 12.5 Å². The van der Waals surface area contributed by atoms with Crippen LogP contribution in [0.15, 0.2) is 18.8 Å². The number of hydrogen-bond acceptors (Lipinski definition) is 3. The summed E-state index contributed by atoms with van der Waals surface area (Å²) in [6.45, 7) is 4.61. The van der Waals surface area contributed by atoms with E-state index in [1.54, 1.807) is 18.3 Å². The van der Waals surface area contributed by atoms with Crippen LogP contribution >= 0.6 is 0 Å². The number of nitrogens with two attached hydrogens (primary N) is 1. The van der Waals surface area contributed by atoms with Crippen LogP contribution in [-0.2, 0) is 0 Å². The van der Waals surface area contributed by atoms with Crippen molar-refractivity contribution in [1.82, 2.24) is 4.98 Å². The summed E-state index contributed by atoms with van der Waals surface area (Å²) < 4.78 is 26.7. The van der Waals surface area contributed by atoms with Gasteiger partial charge in [-0.2, -0.15) is 0 Å². The Labute approximate surface area is 104 Å². The molecule has 0 amide bonds. The molecule has 18 heavy (non-hydrogen) atoms. The zero-order chi connectivity index (χ0) is 13.0. The van der Waals surface area contributed by atoms with E-state index in [1.165, 1.54) is 0 Å². The summed E-state index contributed by atoms with van der Waals surface area (Å²) in [5.41, 5.74) is 6.48. The largest absolute Gasteiger partial charge is 0.395 e. The first-order valence-corrected chi connectivity index (χ1v) is 5.99. The summed E-state index contributed by atoms with van der Waals surface area (Å²) in [5.74, 6) is -1.90. The standard InChI is InChI=1S/C13H15F2N3/c1-2-9-3-5-17-11(10(9)16)18-6-4-12(8-18)7-13(12,14)15/h2-3,5H,1,4,6-8,16H2. The smallest absolute Gasteiger partial charge is 0.256 e. The third kappa shape index (κ3) is 1.43. The molecule has 3 rings (SSSR count). The van der Waals surface area contributed by atoms with Crippen LogP contribution in [0.3, 0.4) is 0 Å². The Hall–Kier alpha value is -1.65. The van der Waals surface area contributed by atoms with Crippen LogP contribution in [0.25, 0.3) is 6.08 Å². The Bertz CT molecular complexity index is 515. The van der Waals surface area contributed by atoms with Gasteiger partial charge in [-0.25, -0.2) is 13.8 Å². The molecule has 1 saturated heterocycles. The van der Waals surface area contributed by atoms with Crippen LogP contribution in [0.4, 0.5) is 20.3 Å². The zero-order valence-corrected chi connectivity index (χ0v) is 10.00. The number of hydrogen-bond donors (Lipinski definition) is 1. The summed E-state index contributed by atoms with van der Waals surface area (Å²) in [7, 11) is 0. The van der Waals surface area contributed by atoms with E-state index in [4.69, 9.17) is 5.73 Å². The minimum absolute atomic E-state index is 0.00243.